The van der Waals surface area contributed by atoms with Crippen molar-refractivity contribution in [2.75, 3.05) is 11.1 Å². The maximum atomic E-state index is 9.45. The number of thioether (sulfide) groups is 1. The number of rotatable bonds is 5. The van der Waals surface area contributed by atoms with Crippen molar-refractivity contribution < 1.29 is 4.42 Å². The predicted molar refractivity (Wildman–Crippen MR) is 87.8 cm³/mol. The summed E-state index contributed by atoms with van der Waals surface area (Å²) < 4.78 is 5.58. The van der Waals surface area contributed by atoms with Crippen LogP contribution in [0, 0.1) is 25.2 Å². The van der Waals surface area contributed by atoms with Gasteiger partial charge in [0.05, 0.1) is 17.3 Å². The number of benzene rings is 1. The SMILES string of the molecule is CCSc1cccc(NC(C)c2cc(C)oc2C)c1C#N. The first-order valence-electron chi connectivity index (χ1n) is 7.06. The molecule has 0 fully saturated rings. The summed E-state index contributed by atoms with van der Waals surface area (Å²) in [5.74, 6) is 2.78. The Balaban J connectivity index is 2.29. The third kappa shape index (κ3) is 3.43. The van der Waals surface area contributed by atoms with Gasteiger partial charge in [0.2, 0.25) is 0 Å². The van der Waals surface area contributed by atoms with Crippen molar-refractivity contribution in [2.45, 2.75) is 38.6 Å². The number of hydrogen-bond acceptors (Lipinski definition) is 4. The van der Waals surface area contributed by atoms with Crippen LogP contribution in [-0.2, 0) is 0 Å². The fourth-order valence-corrected chi connectivity index (χ4v) is 3.22. The second kappa shape index (κ2) is 6.73. The number of hydrogen-bond donors (Lipinski definition) is 1. The van der Waals surface area contributed by atoms with E-state index in [1.807, 2.05) is 38.1 Å². The van der Waals surface area contributed by atoms with Crippen molar-refractivity contribution in [3.05, 3.63) is 46.9 Å². The Bertz CT molecular complexity index is 670. The first-order valence-corrected chi connectivity index (χ1v) is 8.04. The lowest BCUT2D eigenvalue weighted by molar-refractivity contribution is 0.500. The normalized spacial score (nSPS) is 12.0. The zero-order chi connectivity index (χ0) is 15.4. The van der Waals surface area contributed by atoms with E-state index in [0.717, 1.165) is 33.4 Å². The summed E-state index contributed by atoms with van der Waals surface area (Å²) in [5.41, 5.74) is 2.72. The van der Waals surface area contributed by atoms with Crippen LogP contribution in [0.1, 0.15) is 42.5 Å². The highest BCUT2D eigenvalue weighted by Gasteiger charge is 2.15. The lowest BCUT2D eigenvalue weighted by atomic mass is 10.1. The molecule has 1 aromatic heterocycles. The standard InChI is InChI=1S/C17H20N2OS/c1-5-21-17-8-6-7-16(15(17)10-18)19-12(3)14-9-11(2)20-13(14)4/h6-9,12,19H,5H2,1-4H3. The summed E-state index contributed by atoms with van der Waals surface area (Å²) >= 11 is 1.69. The average molecular weight is 300 g/mol. The Labute approximate surface area is 130 Å². The summed E-state index contributed by atoms with van der Waals surface area (Å²) in [6.45, 7) is 8.09. The first kappa shape index (κ1) is 15.5. The molecular formula is C17H20N2OS. The summed E-state index contributed by atoms with van der Waals surface area (Å²) in [6.07, 6.45) is 0. The highest BCUT2D eigenvalue weighted by molar-refractivity contribution is 7.99. The zero-order valence-corrected chi connectivity index (χ0v) is 13.7. The van der Waals surface area contributed by atoms with E-state index in [9.17, 15) is 5.26 Å². The number of nitrogens with one attached hydrogen (secondary N) is 1. The van der Waals surface area contributed by atoms with Crippen LogP contribution in [0.5, 0.6) is 0 Å². The maximum Gasteiger partial charge on any atom is 0.106 e. The molecule has 1 aromatic carbocycles. The molecule has 0 saturated carbocycles. The molecule has 1 N–H and O–H groups in total. The summed E-state index contributed by atoms with van der Waals surface area (Å²) in [5, 5.41) is 12.9. The van der Waals surface area contributed by atoms with Crippen molar-refractivity contribution in [1.29, 1.82) is 5.26 Å². The Hall–Kier alpha value is -1.86. The van der Waals surface area contributed by atoms with Crippen LogP contribution in [0.3, 0.4) is 0 Å². The monoisotopic (exact) mass is 300 g/mol. The second-order valence-electron chi connectivity index (χ2n) is 4.96. The predicted octanol–water partition coefficient (Wildman–Crippen LogP) is 5.05. The van der Waals surface area contributed by atoms with E-state index in [2.05, 4.69) is 25.2 Å². The van der Waals surface area contributed by atoms with Gasteiger partial charge in [-0.1, -0.05) is 13.0 Å². The molecule has 1 heterocycles. The smallest absolute Gasteiger partial charge is 0.106 e. The topological polar surface area (TPSA) is 49.0 Å². The molecular weight excluding hydrogens is 280 g/mol. The molecule has 110 valence electrons. The van der Waals surface area contributed by atoms with E-state index < -0.39 is 0 Å². The second-order valence-corrected chi connectivity index (χ2v) is 6.26. The van der Waals surface area contributed by atoms with Gasteiger partial charge >= 0.3 is 0 Å². The van der Waals surface area contributed by atoms with Crippen LogP contribution in [-0.4, -0.2) is 5.75 Å². The molecule has 1 atom stereocenters. The third-order valence-electron chi connectivity index (χ3n) is 3.36. The molecule has 0 aliphatic rings. The number of nitriles is 1. The van der Waals surface area contributed by atoms with Gasteiger partial charge in [0.15, 0.2) is 0 Å². The molecule has 4 heteroatoms. The van der Waals surface area contributed by atoms with Gasteiger partial charge in [0, 0.05) is 10.5 Å². The number of furan rings is 1. The summed E-state index contributed by atoms with van der Waals surface area (Å²) in [7, 11) is 0. The van der Waals surface area contributed by atoms with Crippen LogP contribution < -0.4 is 5.32 Å². The van der Waals surface area contributed by atoms with Gasteiger partial charge in [-0.3, -0.25) is 0 Å². The van der Waals surface area contributed by atoms with Crippen LogP contribution in [0.25, 0.3) is 0 Å². The molecule has 21 heavy (non-hydrogen) atoms. The molecule has 0 aliphatic heterocycles. The lowest BCUT2D eigenvalue weighted by Gasteiger charge is -2.17. The average Bonchev–Trinajstić information content (AvgIpc) is 2.78. The molecule has 3 nitrogen and oxygen atoms in total. The highest BCUT2D eigenvalue weighted by Crippen LogP contribution is 2.31. The van der Waals surface area contributed by atoms with Gasteiger partial charge in [-0.15, -0.1) is 11.8 Å². The van der Waals surface area contributed by atoms with E-state index in [1.54, 1.807) is 11.8 Å². The number of nitrogens with zero attached hydrogens (tertiary/aromatic N) is 1. The van der Waals surface area contributed by atoms with Crippen molar-refractivity contribution >= 4 is 17.4 Å². The van der Waals surface area contributed by atoms with Crippen LogP contribution in [0.4, 0.5) is 5.69 Å². The van der Waals surface area contributed by atoms with Crippen molar-refractivity contribution in [2.24, 2.45) is 0 Å². The van der Waals surface area contributed by atoms with Gasteiger partial charge in [0.1, 0.15) is 17.6 Å². The van der Waals surface area contributed by atoms with Crippen LogP contribution in [0.15, 0.2) is 33.6 Å². The van der Waals surface area contributed by atoms with Gasteiger partial charge in [-0.2, -0.15) is 5.26 Å². The van der Waals surface area contributed by atoms with E-state index in [1.165, 1.54) is 0 Å². The Kier molecular flexibility index (Phi) is 4.98. The minimum Gasteiger partial charge on any atom is -0.466 e. The molecule has 0 bridgehead atoms. The number of anilines is 1. The minimum absolute atomic E-state index is 0.0939. The first-order chi connectivity index (χ1) is 10.1. The molecule has 0 radical (unpaired) electrons. The van der Waals surface area contributed by atoms with Crippen molar-refractivity contribution in [3.8, 4) is 6.07 Å². The minimum atomic E-state index is 0.0939. The Morgan fingerprint density at radius 2 is 2.14 bits per heavy atom. The van der Waals surface area contributed by atoms with Gasteiger partial charge in [-0.05, 0) is 44.7 Å². The Morgan fingerprint density at radius 1 is 1.38 bits per heavy atom. The van der Waals surface area contributed by atoms with Crippen LogP contribution in [0.2, 0.25) is 0 Å². The van der Waals surface area contributed by atoms with E-state index >= 15 is 0 Å². The Morgan fingerprint density at radius 3 is 2.71 bits per heavy atom. The van der Waals surface area contributed by atoms with E-state index in [0.29, 0.717) is 5.56 Å². The highest BCUT2D eigenvalue weighted by atomic mass is 32.2. The molecule has 1 unspecified atom stereocenters. The molecule has 0 spiro atoms. The van der Waals surface area contributed by atoms with E-state index in [4.69, 9.17) is 4.42 Å². The summed E-state index contributed by atoms with van der Waals surface area (Å²) in [4.78, 5) is 1.03. The van der Waals surface area contributed by atoms with Crippen molar-refractivity contribution in [1.82, 2.24) is 0 Å². The fourth-order valence-electron chi connectivity index (χ4n) is 2.43. The summed E-state index contributed by atoms with van der Waals surface area (Å²) in [6, 6.07) is 10.4. The van der Waals surface area contributed by atoms with Gasteiger partial charge in [0.25, 0.3) is 0 Å². The molecule has 2 aromatic rings. The fraction of sp³-hybridized carbons (Fsp3) is 0.353. The maximum absolute atomic E-state index is 9.45. The van der Waals surface area contributed by atoms with Gasteiger partial charge in [-0.25, -0.2) is 0 Å². The molecule has 2 rings (SSSR count). The molecule has 0 amide bonds. The largest absolute Gasteiger partial charge is 0.466 e. The van der Waals surface area contributed by atoms with Crippen molar-refractivity contribution in [3.63, 3.8) is 0 Å². The van der Waals surface area contributed by atoms with Crippen LogP contribution >= 0.6 is 11.8 Å². The quantitative estimate of drug-likeness (QED) is 0.785. The number of aryl methyl sites for hydroxylation is 2. The molecule has 0 aliphatic carbocycles. The zero-order valence-electron chi connectivity index (χ0n) is 12.9. The third-order valence-corrected chi connectivity index (χ3v) is 4.30. The lowest BCUT2D eigenvalue weighted by Crippen LogP contribution is -2.08. The van der Waals surface area contributed by atoms with E-state index in [-0.39, 0.29) is 6.04 Å². The molecule has 0 saturated heterocycles. The van der Waals surface area contributed by atoms with Gasteiger partial charge < -0.3 is 9.73 Å².